The molecule has 2 rings (SSSR count). The van der Waals surface area contributed by atoms with Crippen LogP contribution in [0.1, 0.15) is 31.4 Å². The first kappa shape index (κ1) is 14.6. The number of halogens is 2. The van der Waals surface area contributed by atoms with Gasteiger partial charge in [0, 0.05) is 0 Å². The van der Waals surface area contributed by atoms with Crippen LogP contribution in [-0.4, -0.2) is 19.1 Å². The average molecular weight is 302 g/mol. The van der Waals surface area contributed by atoms with Gasteiger partial charge in [0.1, 0.15) is 6.04 Å². The Kier molecular flexibility index (Phi) is 5.08. The Balaban J connectivity index is 2.13. The third-order valence-electron chi connectivity index (χ3n) is 3.11. The van der Waals surface area contributed by atoms with Gasteiger partial charge in [-0.05, 0) is 49.9 Å². The molecule has 1 aliphatic rings. The standard InChI is InChI=1S/C14H17Cl2NO2/c1-2-19-14(18)13(17-8-9-3-4-9)10-5-6-11(15)12(16)7-10/h5-7,9,13,17H,2-4,8H2,1H3. The fourth-order valence-corrected chi connectivity index (χ4v) is 2.17. The van der Waals surface area contributed by atoms with Crippen LogP contribution in [0.5, 0.6) is 0 Å². The van der Waals surface area contributed by atoms with Gasteiger partial charge in [-0.3, -0.25) is 0 Å². The predicted molar refractivity (Wildman–Crippen MR) is 76.6 cm³/mol. The molecule has 1 unspecified atom stereocenters. The van der Waals surface area contributed by atoms with Gasteiger partial charge >= 0.3 is 5.97 Å². The fraction of sp³-hybridized carbons (Fsp3) is 0.500. The quantitative estimate of drug-likeness (QED) is 0.816. The number of carbonyl (C=O) groups excluding carboxylic acids is 1. The number of carbonyl (C=O) groups is 1. The maximum absolute atomic E-state index is 12.0. The molecule has 1 atom stereocenters. The molecule has 0 aromatic heterocycles. The third kappa shape index (κ3) is 4.10. The maximum Gasteiger partial charge on any atom is 0.327 e. The minimum Gasteiger partial charge on any atom is -0.465 e. The molecule has 1 fully saturated rings. The number of nitrogens with one attached hydrogen (secondary N) is 1. The second kappa shape index (κ2) is 6.60. The Morgan fingerprint density at radius 2 is 2.16 bits per heavy atom. The summed E-state index contributed by atoms with van der Waals surface area (Å²) in [6, 6.07) is 4.74. The molecule has 0 heterocycles. The highest BCUT2D eigenvalue weighted by molar-refractivity contribution is 6.42. The van der Waals surface area contributed by atoms with E-state index < -0.39 is 6.04 Å². The molecule has 104 valence electrons. The summed E-state index contributed by atoms with van der Waals surface area (Å²) in [5.74, 6) is 0.404. The number of hydrogen-bond acceptors (Lipinski definition) is 3. The molecule has 0 saturated heterocycles. The largest absolute Gasteiger partial charge is 0.465 e. The molecule has 1 aromatic carbocycles. The van der Waals surface area contributed by atoms with Crippen LogP contribution in [0.25, 0.3) is 0 Å². The summed E-state index contributed by atoms with van der Waals surface area (Å²) in [6.07, 6.45) is 2.45. The number of hydrogen-bond donors (Lipinski definition) is 1. The Morgan fingerprint density at radius 3 is 2.74 bits per heavy atom. The SMILES string of the molecule is CCOC(=O)C(NCC1CC1)c1ccc(Cl)c(Cl)c1. The summed E-state index contributed by atoms with van der Waals surface area (Å²) < 4.78 is 5.10. The van der Waals surface area contributed by atoms with Crippen LogP contribution in [0, 0.1) is 5.92 Å². The van der Waals surface area contributed by atoms with Gasteiger partial charge in [-0.25, -0.2) is 4.79 Å². The highest BCUT2D eigenvalue weighted by Crippen LogP contribution is 2.30. The van der Waals surface area contributed by atoms with E-state index in [4.69, 9.17) is 27.9 Å². The van der Waals surface area contributed by atoms with Crippen molar-refractivity contribution in [3.63, 3.8) is 0 Å². The molecular weight excluding hydrogens is 285 g/mol. The van der Waals surface area contributed by atoms with Crippen LogP contribution in [0.3, 0.4) is 0 Å². The summed E-state index contributed by atoms with van der Waals surface area (Å²) in [4.78, 5) is 12.0. The van der Waals surface area contributed by atoms with Crippen molar-refractivity contribution in [2.24, 2.45) is 5.92 Å². The lowest BCUT2D eigenvalue weighted by molar-refractivity contribution is -0.145. The van der Waals surface area contributed by atoms with E-state index in [0.717, 1.165) is 12.1 Å². The molecule has 0 amide bonds. The van der Waals surface area contributed by atoms with Gasteiger partial charge in [-0.15, -0.1) is 0 Å². The molecule has 0 spiro atoms. The van der Waals surface area contributed by atoms with Gasteiger partial charge < -0.3 is 10.1 Å². The lowest BCUT2D eigenvalue weighted by Crippen LogP contribution is -2.31. The molecule has 1 N–H and O–H groups in total. The zero-order valence-electron chi connectivity index (χ0n) is 10.8. The van der Waals surface area contributed by atoms with Gasteiger partial charge in [0.25, 0.3) is 0 Å². The van der Waals surface area contributed by atoms with Crippen molar-refractivity contribution in [1.29, 1.82) is 0 Å². The Labute approximate surface area is 123 Å². The lowest BCUT2D eigenvalue weighted by atomic mass is 10.1. The van der Waals surface area contributed by atoms with E-state index in [1.54, 1.807) is 25.1 Å². The average Bonchev–Trinajstić information content (AvgIpc) is 3.18. The van der Waals surface area contributed by atoms with Crippen LogP contribution in [0.4, 0.5) is 0 Å². The van der Waals surface area contributed by atoms with Gasteiger partial charge in [-0.2, -0.15) is 0 Å². The first-order valence-corrected chi connectivity index (χ1v) is 7.22. The Morgan fingerprint density at radius 1 is 1.42 bits per heavy atom. The van der Waals surface area contributed by atoms with Crippen LogP contribution >= 0.6 is 23.2 Å². The Bertz CT molecular complexity index is 461. The summed E-state index contributed by atoms with van der Waals surface area (Å²) >= 11 is 11.9. The second-order valence-corrected chi connectivity index (χ2v) is 5.52. The van der Waals surface area contributed by atoms with E-state index in [1.807, 2.05) is 0 Å². The van der Waals surface area contributed by atoms with Gasteiger partial charge in [0.2, 0.25) is 0 Å². The summed E-state index contributed by atoms with van der Waals surface area (Å²) in [5, 5.41) is 4.18. The van der Waals surface area contributed by atoms with Crippen molar-refractivity contribution in [3.8, 4) is 0 Å². The molecule has 1 aromatic rings. The highest BCUT2D eigenvalue weighted by atomic mass is 35.5. The van der Waals surface area contributed by atoms with Crippen molar-refractivity contribution in [2.45, 2.75) is 25.8 Å². The molecule has 0 radical (unpaired) electrons. The fourth-order valence-electron chi connectivity index (χ4n) is 1.86. The molecule has 0 bridgehead atoms. The van der Waals surface area contributed by atoms with E-state index in [2.05, 4.69) is 5.32 Å². The number of benzene rings is 1. The molecule has 1 saturated carbocycles. The summed E-state index contributed by atoms with van der Waals surface area (Å²) in [5.41, 5.74) is 0.786. The molecular formula is C14H17Cl2NO2. The van der Waals surface area contributed by atoms with Crippen molar-refractivity contribution < 1.29 is 9.53 Å². The van der Waals surface area contributed by atoms with E-state index in [9.17, 15) is 4.79 Å². The lowest BCUT2D eigenvalue weighted by Gasteiger charge is -2.18. The third-order valence-corrected chi connectivity index (χ3v) is 3.85. The highest BCUT2D eigenvalue weighted by Gasteiger charge is 2.27. The second-order valence-electron chi connectivity index (χ2n) is 4.71. The smallest absolute Gasteiger partial charge is 0.327 e. The van der Waals surface area contributed by atoms with Crippen molar-refractivity contribution in [2.75, 3.05) is 13.2 Å². The van der Waals surface area contributed by atoms with Gasteiger partial charge in [0.05, 0.1) is 16.7 Å². The minimum atomic E-state index is -0.477. The van der Waals surface area contributed by atoms with E-state index >= 15 is 0 Å². The zero-order chi connectivity index (χ0) is 13.8. The summed E-state index contributed by atoms with van der Waals surface area (Å²) in [7, 11) is 0. The first-order valence-electron chi connectivity index (χ1n) is 6.46. The van der Waals surface area contributed by atoms with Crippen LogP contribution in [-0.2, 0) is 9.53 Å². The summed E-state index contributed by atoms with van der Waals surface area (Å²) in [6.45, 7) is 2.98. The van der Waals surface area contributed by atoms with Gasteiger partial charge in [0.15, 0.2) is 0 Å². The van der Waals surface area contributed by atoms with Crippen LogP contribution in [0.2, 0.25) is 10.0 Å². The van der Waals surface area contributed by atoms with Crippen molar-refractivity contribution in [3.05, 3.63) is 33.8 Å². The first-order chi connectivity index (χ1) is 9.11. The maximum atomic E-state index is 12.0. The van der Waals surface area contributed by atoms with Crippen LogP contribution in [0.15, 0.2) is 18.2 Å². The van der Waals surface area contributed by atoms with E-state index in [-0.39, 0.29) is 5.97 Å². The topological polar surface area (TPSA) is 38.3 Å². The monoisotopic (exact) mass is 301 g/mol. The Hall–Kier alpha value is -0.770. The minimum absolute atomic E-state index is 0.276. The number of esters is 1. The number of ether oxygens (including phenoxy) is 1. The molecule has 3 nitrogen and oxygen atoms in total. The molecule has 1 aliphatic carbocycles. The molecule has 19 heavy (non-hydrogen) atoms. The molecule has 5 heteroatoms. The van der Waals surface area contributed by atoms with Crippen LogP contribution < -0.4 is 5.32 Å². The number of rotatable bonds is 6. The molecule has 0 aliphatic heterocycles. The zero-order valence-corrected chi connectivity index (χ0v) is 12.3. The van der Waals surface area contributed by atoms with Crippen molar-refractivity contribution in [1.82, 2.24) is 5.32 Å². The normalized spacial score (nSPS) is 16.2. The van der Waals surface area contributed by atoms with E-state index in [0.29, 0.717) is 22.6 Å². The van der Waals surface area contributed by atoms with Crippen molar-refractivity contribution >= 4 is 29.2 Å². The predicted octanol–water partition coefficient (Wildman–Crippen LogP) is 3.60. The van der Waals surface area contributed by atoms with Gasteiger partial charge in [-0.1, -0.05) is 29.3 Å². The van der Waals surface area contributed by atoms with E-state index in [1.165, 1.54) is 12.8 Å².